The summed E-state index contributed by atoms with van der Waals surface area (Å²) in [5, 5.41) is 9.39. The monoisotopic (exact) mass is 378 g/mol. The van der Waals surface area contributed by atoms with Crippen molar-refractivity contribution in [3.8, 4) is 11.4 Å². The maximum atomic E-state index is 12.9. The Bertz CT molecular complexity index is 997. The number of hydrogen-bond donors (Lipinski definition) is 0. The third-order valence-electron chi connectivity index (χ3n) is 5.02. The van der Waals surface area contributed by atoms with Crippen molar-refractivity contribution in [3.63, 3.8) is 0 Å². The van der Waals surface area contributed by atoms with E-state index in [4.69, 9.17) is 0 Å². The predicted octanol–water partition coefficient (Wildman–Crippen LogP) is 3.86. The molecule has 1 aliphatic rings. The summed E-state index contributed by atoms with van der Waals surface area (Å²) < 4.78 is 1.96. The van der Waals surface area contributed by atoms with E-state index in [1.54, 1.807) is 0 Å². The van der Waals surface area contributed by atoms with Crippen LogP contribution in [0.2, 0.25) is 0 Å². The minimum absolute atomic E-state index is 0.109. The van der Waals surface area contributed by atoms with Gasteiger partial charge >= 0.3 is 0 Å². The van der Waals surface area contributed by atoms with Gasteiger partial charge in [-0.1, -0.05) is 54.2 Å². The smallest absolute Gasteiger partial charge is 0.237 e. The number of carbonyl (C=O) groups excluding carboxylic acids is 1. The normalized spacial score (nSPS) is 15.8. The second-order valence-electron chi connectivity index (χ2n) is 6.91. The molecular weight excluding hydrogens is 356 g/mol. The van der Waals surface area contributed by atoms with Gasteiger partial charge in [0.2, 0.25) is 5.91 Å². The van der Waals surface area contributed by atoms with E-state index >= 15 is 0 Å². The van der Waals surface area contributed by atoms with E-state index in [0.717, 1.165) is 34.2 Å². The third kappa shape index (κ3) is 3.25. The first-order chi connectivity index (χ1) is 13.1. The Morgan fingerprint density at radius 3 is 2.70 bits per heavy atom. The van der Waals surface area contributed by atoms with E-state index in [9.17, 15) is 4.79 Å². The quantitative estimate of drug-likeness (QED) is 0.647. The van der Waals surface area contributed by atoms with Crippen molar-refractivity contribution in [2.45, 2.75) is 31.5 Å². The molecule has 0 bridgehead atoms. The molecule has 3 aromatic rings. The number of para-hydroxylation sites is 1. The highest BCUT2D eigenvalue weighted by atomic mass is 32.2. The molecule has 2 heterocycles. The summed E-state index contributed by atoms with van der Waals surface area (Å²) in [6, 6.07) is 16.5. The number of amides is 1. The Morgan fingerprint density at radius 2 is 1.89 bits per heavy atom. The zero-order valence-electron chi connectivity index (χ0n) is 15.7. The molecule has 0 radical (unpaired) electrons. The van der Waals surface area contributed by atoms with Crippen LogP contribution < -0.4 is 4.90 Å². The van der Waals surface area contributed by atoms with Crippen LogP contribution in [0.5, 0.6) is 0 Å². The van der Waals surface area contributed by atoms with Crippen LogP contribution in [-0.4, -0.2) is 32.5 Å². The topological polar surface area (TPSA) is 51.0 Å². The lowest BCUT2D eigenvalue weighted by Gasteiger charge is -2.22. The van der Waals surface area contributed by atoms with Crippen LogP contribution in [0, 0.1) is 6.92 Å². The van der Waals surface area contributed by atoms with Gasteiger partial charge in [-0.05, 0) is 37.5 Å². The molecular formula is C21H22N4OS. The summed E-state index contributed by atoms with van der Waals surface area (Å²) in [4.78, 5) is 14.8. The molecule has 0 fully saturated rings. The lowest BCUT2D eigenvalue weighted by molar-refractivity contribution is -0.116. The van der Waals surface area contributed by atoms with E-state index in [2.05, 4.69) is 36.2 Å². The van der Waals surface area contributed by atoms with E-state index in [-0.39, 0.29) is 11.9 Å². The lowest BCUT2D eigenvalue weighted by atomic mass is 10.1. The van der Waals surface area contributed by atoms with Crippen molar-refractivity contribution in [2.24, 2.45) is 7.05 Å². The number of rotatable bonds is 4. The summed E-state index contributed by atoms with van der Waals surface area (Å²) in [5.41, 5.74) is 4.49. The number of carbonyl (C=O) groups is 1. The number of fused-ring (bicyclic) bond motifs is 1. The Hall–Kier alpha value is -2.60. The largest absolute Gasteiger partial charge is 0.308 e. The van der Waals surface area contributed by atoms with Gasteiger partial charge in [-0.15, -0.1) is 10.2 Å². The van der Waals surface area contributed by atoms with E-state index in [0.29, 0.717) is 5.75 Å². The zero-order chi connectivity index (χ0) is 19.0. The Morgan fingerprint density at radius 1 is 1.15 bits per heavy atom. The maximum Gasteiger partial charge on any atom is 0.237 e. The number of benzene rings is 2. The average Bonchev–Trinajstić information content (AvgIpc) is 3.19. The van der Waals surface area contributed by atoms with Crippen LogP contribution in [0.25, 0.3) is 11.4 Å². The molecule has 1 unspecified atom stereocenters. The van der Waals surface area contributed by atoms with E-state index in [1.807, 2.05) is 52.9 Å². The number of thioether (sulfide) groups is 1. The molecule has 6 heteroatoms. The molecule has 4 rings (SSSR count). The van der Waals surface area contributed by atoms with Crippen LogP contribution in [0.1, 0.15) is 18.1 Å². The van der Waals surface area contributed by atoms with Crippen molar-refractivity contribution in [3.05, 3.63) is 59.7 Å². The Balaban J connectivity index is 1.50. The summed E-state index contributed by atoms with van der Waals surface area (Å²) in [6.45, 7) is 4.16. The summed E-state index contributed by atoms with van der Waals surface area (Å²) in [6.07, 6.45) is 0.911. The van der Waals surface area contributed by atoms with Gasteiger partial charge in [0, 0.05) is 24.3 Å². The predicted molar refractivity (Wildman–Crippen MR) is 109 cm³/mol. The van der Waals surface area contributed by atoms with Crippen LogP contribution in [0.4, 0.5) is 5.69 Å². The Kier molecular flexibility index (Phi) is 4.74. The first kappa shape index (κ1) is 17.8. The van der Waals surface area contributed by atoms with Crippen LogP contribution >= 0.6 is 11.8 Å². The summed E-state index contributed by atoms with van der Waals surface area (Å²) >= 11 is 1.44. The lowest BCUT2D eigenvalue weighted by Crippen LogP contribution is -2.37. The van der Waals surface area contributed by atoms with Crippen LogP contribution in [0.3, 0.4) is 0 Å². The molecule has 2 aromatic carbocycles. The van der Waals surface area contributed by atoms with Gasteiger partial charge in [-0.2, -0.15) is 0 Å². The van der Waals surface area contributed by atoms with Crippen molar-refractivity contribution in [1.82, 2.24) is 14.8 Å². The molecule has 1 amide bonds. The fraction of sp³-hybridized carbons (Fsp3) is 0.286. The van der Waals surface area contributed by atoms with Gasteiger partial charge in [0.25, 0.3) is 0 Å². The van der Waals surface area contributed by atoms with Gasteiger partial charge < -0.3 is 9.47 Å². The zero-order valence-corrected chi connectivity index (χ0v) is 16.5. The fourth-order valence-corrected chi connectivity index (χ4v) is 4.41. The highest BCUT2D eigenvalue weighted by molar-refractivity contribution is 7.99. The number of aromatic nitrogens is 3. The molecule has 0 spiro atoms. The van der Waals surface area contributed by atoms with Gasteiger partial charge in [0.15, 0.2) is 11.0 Å². The van der Waals surface area contributed by atoms with Crippen molar-refractivity contribution < 1.29 is 4.79 Å². The molecule has 138 valence electrons. The second kappa shape index (κ2) is 7.19. The van der Waals surface area contributed by atoms with E-state index in [1.165, 1.54) is 17.3 Å². The molecule has 1 aromatic heterocycles. The fourth-order valence-electron chi connectivity index (χ4n) is 3.64. The second-order valence-corrected chi connectivity index (χ2v) is 7.86. The van der Waals surface area contributed by atoms with Gasteiger partial charge in [0.05, 0.1) is 5.75 Å². The number of hydrogen-bond acceptors (Lipinski definition) is 4. The highest BCUT2D eigenvalue weighted by Gasteiger charge is 2.30. The SMILES string of the molecule is Cc1ccccc1-c1nnc(SCC(=O)N2c3ccccc3CC2C)n1C. The Labute approximate surface area is 163 Å². The number of aryl methyl sites for hydroxylation is 1. The first-order valence-corrected chi connectivity index (χ1v) is 10.0. The molecule has 0 saturated heterocycles. The first-order valence-electron chi connectivity index (χ1n) is 9.04. The van der Waals surface area contributed by atoms with Crippen LogP contribution in [0.15, 0.2) is 53.7 Å². The number of anilines is 1. The average molecular weight is 379 g/mol. The van der Waals surface area contributed by atoms with Gasteiger partial charge in [-0.3, -0.25) is 4.79 Å². The standard InChI is InChI=1S/C21H22N4OS/c1-14-8-4-6-10-17(14)20-22-23-21(24(20)3)27-13-19(26)25-15(2)12-16-9-5-7-11-18(16)25/h4-11,15H,12-13H2,1-3H3. The molecule has 0 saturated carbocycles. The summed E-state index contributed by atoms with van der Waals surface area (Å²) in [7, 11) is 1.95. The van der Waals surface area contributed by atoms with Gasteiger partial charge in [-0.25, -0.2) is 0 Å². The molecule has 0 N–H and O–H groups in total. The molecule has 0 aliphatic carbocycles. The summed E-state index contributed by atoms with van der Waals surface area (Å²) in [5.74, 6) is 1.28. The molecule has 1 aliphatic heterocycles. The number of nitrogens with zero attached hydrogens (tertiary/aromatic N) is 4. The van der Waals surface area contributed by atoms with E-state index < -0.39 is 0 Å². The van der Waals surface area contributed by atoms with Crippen molar-refractivity contribution in [2.75, 3.05) is 10.7 Å². The minimum Gasteiger partial charge on any atom is -0.308 e. The molecule has 1 atom stereocenters. The third-order valence-corrected chi connectivity index (χ3v) is 6.03. The van der Waals surface area contributed by atoms with Gasteiger partial charge in [0.1, 0.15) is 0 Å². The molecule has 27 heavy (non-hydrogen) atoms. The maximum absolute atomic E-state index is 12.9. The molecule has 5 nitrogen and oxygen atoms in total. The minimum atomic E-state index is 0.109. The van der Waals surface area contributed by atoms with Crippen LogP contribution in [-0.2, 0) is 18.3 Å². The van der Waals surface area contributed by atoms with Crippen molar-refractivity contribution >= 4 is 23.4 Å². The highest BCUT2D eigenvalue weighted by Crippen LogP contribution is 2.33. The van der Waals surface area contributed by atoms with Crippen molar-refractivity contribution in [1.29, 1.82) is 0 Å².